The third-order valence-corrected chi connectivity index (χ3v) is 3.24. The first-order chi connectivity index (χ1) is 8.65. The highest BCUT2D eigenvalue weighted by Gasteiger charge is 2.31. The molecule has 2 unspecified atom stereocenters. The topological polar surface area (TPSA) is 38.8 Å². The van der Waals surface area contributed by atoms with Crippen LogP contribution in [0.4, 0.5) is 0 Å². The molecule has 0 aliphatic carbocycles. The second kappa shape index (κ2) is 5.40. The Bertz CT molecular complexity index is 423. The molecule has 4 heteroatoms. The number of morpholine rings is 1. The SMILES string of the molecule is COc1ccccc1C(=O)N1C(C)COCC1C. The average Bonchev–Trinajstić information content (AvgIpc) is 2.38. The monoisotopic (exact) mass is 249 g/mol. The van der Waals surface area contributed by atoms with Gasteiger partial charge in [0, 0.05) is 0 Å². The molecule has 1 saturated heterocycles. The zero-order valence-corrected chi connectivity index (χ0v) is 11.1. The Labute approximate surface area is 107 Å². The lowest BCUT2D eigenvalue weighted by atomic mass is 10.1. The van der Waals surface area contributed by atoms with Crippen LogP contribution in [-0.2, 0) is 4.74 Å². The van der Waals surface area contributed by atoms with Crippen molar-refractivity contribution in [3.8, 4) is 5.75 Å². The van der Waals surface area contributed by atoms with Gasteiger partial charge in [-0.3, -0.25) is 4.79 Å². The predicted octanol–water partition coefficient (Wildman–Crippen LogP) is 1.94. The standard InChI is InChI=1S/C14H19NO3/c1-10-8-18-9-11(2)15(10)14(16)12-6-4-5-7-13(12)17-3/h4-7,10-11H,8-9H2,1-3H3. The minimum absolute atomic E-state index is 0.00995. The molecular formula is C14H19NO3. The summed E-state index contributed by atoms with van der Waals surface area (Å²) in [5, 5.41) is 0. The summed E-state index contributed by atoms with van der Waals surface area (Å²) < 4.78 is 10.7. The van der Waals surface area contributed by atoms with Crippen molar-refractivity contribution in [3.05, 3.63) is 29.8 Å². The first-order valence-corrected chi connectivity index (χ1v) is 6.18. The molecule has 1 fully saturated rings. The van der Waals surface area contributed by atoms with E-state index < -0.39 is 0 Å². The molecule has 1 heterocycles. The number of rotatable bonds is 2. The van der Waals surface area contributed by atoms with Gasteiger partial charge < -0.3 is 14.4 Å². The van der Waals surface area contributed by atoms with Gasteiger partial charge in [-0.1, -0.05) is 12.1 Å². The number of carbonyl (C=O) groups excluding carboxylic acids is 1. The van der Waals surface area contributed by atoms with Crippen molar-refractivity contribution < 1.29 is 14.3 Å². The molecule has 98 valence electrons. The number of hydrogen-bond donors (Lipinski definition) is 0. The van der Waals surface area contributed by atoms with Crippen LogP contribution in [0.15, 0.2) is 24.3 Å². The number of carbonyl (C=O) groups is 1. The number of amides is 1. The average molecular weight is 249 g/mol. The Morgan fingerprint density at radius 1 is 1.28 bits per heavy atom. The minimum atomic E-state index is 0.00995. The fourth-order valence-corrected chi connectivity index (χ4v) is 2.36. The molecule has 2 atom stereocenters. The van der Waals surface area contributed by atoms with Gasteiger partial charge in [0.15, 0.2) is 0 Å². The van der Waals surface area contributed by atoms with E-state index in [1.54, 1.807) is 13.2 Å². The van der Waals surface area contributed by atoms with Crippen LogP contribution in [0.25, 0.3) is 0 Å². The third-order valence-electron chi connectivity index (χ3n) is 3.24. The van der Waals surface area contributed by atoms with Gasteiger partial charge in [0.1, 0.15) is 5.75 Å². The third kappa shape index (κ3) is 2.34. The van der Waals surface area contributed by atoms with Crippen LogP contribution in [-0.4, -0.2) is 43.2 Å². The fraction of sp³-hybridized carbons (Fsp3) is 0.500. The van der Waals surface area contributed by atoms with Crippen LogP contribution in [0.1, 0.15) is 24.2 Å². The molecule has 0 spiro atoms. The summed E-state index contributed by atoms with van der Waals surface area (Å²) >= 11 is 0. The molecule has 2 rings (SSSR count). The van der Waals surface area contributed by atoms with Gasteiger partial charge in [-0.05, 0) is 26.0 Å². The minimum Gasteiger partial charge on any atom is -0.496 e. The largest absolute Gasteiger partial charge is 0.496 e. The van der Waals surface area contributed by atoms with Gasteiger partial charge in [-0.25, -0.2) is 0 Å². The van der Waals surface area contributed by atoms with Gasteiger partial charge in [0.2, 0.25) is 0 Å². The summed E-state index contributed by atoms with van der Waals surface area (Å²) in [5.74, 6) is 0.629. The highest BCUT2D eigenvalue weighted by Crippen LogP contribution is 2.23. The van der Waals surface area contributed by atoms with E-state index >= 15 is 0 Å². The molecule has 1 aromatic rings. The van der Waals surface area contributed by atoms with E-state index in [9.17, 15) is 4.79 Å². The van der Waals surface area contributed by atoms with Crippen molar-refractivity contribution in [2.24, 2.45) is 0 Å². The van der Waals surface area contributed by atoms with Crippen LogP contribution in [0.3, 0.4) is 0 Å². The number of para-hydroxylation sites is 1. The van der Waals surface area contributed by atoms with Gasteiger partial charge in [-0.15, -0.1) is 0 Å². The summed E-state index contributed by atoms with van der Waals surface area (Å²) in [4.78, 5) is 14.5. The molecule has 1 amide bonds. The first kappa shape index (κ1) is 12.9. The van der Waals surface area contributed by atoms with E-state index in [0.29, 0.717) is 24.5 Å². The lowest BCUT2D eigenvalue weighted by Crippen LogP contribution is -2.52. The fourth-order valence-electron chi connectivity index (χ4n) is 2.36. The number of hydrogen-bond acceptors (Lipinski definition) is 3. The van der Waals surface area contributed by atoms with Crippen LogP contribution in [0.2, 0.25) is 0 Å². The van der Waals surface area contributed by atoms with E-state index in [-0.39, 0.29) is 18.0 Å². The summed E-state index contributed by atoms with van der Waals surface area (Å²) in [6, 6.07) is 7.50. The molecule has 1 aromatic carbocycles. The number of ether oxygens (including phenoxy) is 2. The normalized spacial score (nSPS) is 23.8. The molecule has 0 radical (unpaired) electrons. The van der Waals surface area contributed by atoms with E-state index in [2.05, 4.69) is 0 Å². The highest BCUT2D eigenvalue weighted by atomic mass is 16.5. The van der Waals surface area contributed by atoms with Crippen molar-refractivity contribution in [1.82, 2.24) is 4.90 Å². The number of methoxy groups -OCH3 is 1. The molecule has 1 aliphatic rings. The van der Waals surface area contributed by atoms with Crippen molar-refractivity contribution in [2.45, 2.75) is 25.9 Å². The number of nitrogens with zero attached hydrogens (tertiary/aromatic N) is 1. The van der Waals surface area contributed by atoms with Gasteiger partial charge in [0.25, 0.3) is 5.91 Å². The molecule has 0 saturated carbocycles. The maximum atomic E-state index is 12.6. The summed E-state index contributed by atoms with van der Waals surface area (Å²) in [6.45, 7) is 5.18. The quantitative estimate of drug-likeness (QED) is 0.804. The van der Waals surface area contributed by atoms with Crippen molar-refractivity contribution >= 4 is 5.91 Å². The molecule has 4 nitrogen and oxygen atoms in total. The molecule has 1 aliphatic heterocycles. The van der Waals surface area contributed by atoms with Crippen LogP contribution >= 0.6 is 0 Å². The molecular weight excluding hydrogens is 230 g/mol. The zero-order chi connectivity index (χ0) is 13.1. The Hall–Kier alpha value is -1.55. The predicted molar refractivity (Wildman–Crippen MR) is 68.9 cm³/mol. The highest BCUT2D eigenvalue weighted by molar-refractivity contribution is 5.97. The zero-order valence-electron chi connectivity index (χ0n) is 11.1. The maximum absolute atomic E-state index is 12.6. The molecule has 0 bridgehead atoms. The van der Waals surface area contributed by atoms with Crippen molar-refractivity contribution in [2.75, 3.05) is 20.3 Å². The lowest BCUT2D eigenvalue weighted by Gasteiger charge is -2.39. The van der Waals surface area contributed by atoms with Crippen molar-refractivity contribution in [1.29, 1.82) is 0 Å². The first-order valence-electron chi connectivity index (χ1n) is 6.18. The Morgan fingerprint density at radius 3 is 2.50 bits per heavy atom. The Balaban J connectivity index is 2.29. The number of benzene rings is 1. The Kier molecular flexibility index (Phi) is 3.87. The van der Waals surface area contributed by atoms with Crippen LogP contribution in [0, 0.1) is 0 Å². The Morgan fingerprint density at radius 2 is 1.89 bits per heavy atom. The second-order valence-corrected chi connectivity index (χ2v) is 4.65. The van der Waals surface area contributed by atoms with E-state index in [1.807, 2.05) is 36.9 Å². The summed E-state index contributed by atoms with van der Waals surface area (Å²) in [7, 11) is 1.58. The van der Waals surface area contributed by atoms with E-state index in [0.717, 1.165) is 0 Å². The van der Waals surface area contributed by atoms with Crippen molar-refractivity contribution in [3.63, 3.8) is 0 Å². The smallest absolute Gasteiger partial charge is 0.258 e. The summed E-state index contributed by atoms with van der Waals surface area (Å²) in [5.41, 5.74) is 0.612. The molecule has 0 aromatic heterocycles. The van der Waals surface area contributed by atoms with Crippen LogP contribution < -0.4 is 4.74 Å². The maximum Gasteiger partial charge on any atom is 0.258 e. The second-order valence-electron chi connectivity index (χ2n) is 4.65. The molecule has 0 N–H and O–H groups in total. The van der Waals surface area contributed by atoms with E-state index in [1.165, 1.54) is 0 Å². The molecule has 18 heavy (non-hydrogen) atoms. The van der Waals surface area contributed by atoms with E-state index in [4.69, 9.17) is 9.47 Å². The lowest BCUT2D eigenvalue weighted by molar-refractivity contribution is -0.0250. The summed E-state index contributed by atoms with van der Waals surface area (Å²) in [6.07, 6.45) is 0. The van der Waals surface area contributed by atoms with Gasteiger partial charge in [0.05, 0.1) is 38.0 Å². The van der Waals surface area contributed by atoms with Gasteiger partial charge in [-0.2, -0.15) is 0 Å². The van der Waals surface area contributed by atoms with Gasteiger partial charge >= 0.3 is 0 Å². The van der Waals surface area contributed by atoms with Crippen LogP contribution in [0.5, 0.6) is 5.75 Å².